The second-order valence-corrected chi connectivity index (χ2v) is 7.92. The molecule has 0 radical (unpaired) electrons. The first-order valence-corrected chi connectivity index (χ1v) is 10.5. The molecule has 8 heteroatoms. The Balaban J connectivity index is 1.24. The molecule has 0 spiro atoms. The zero-order chi connectivity index (χ0) is 20.1. The molecule has 1 saturated heterocycles. The molecule has 1 aliphatic heterocycles. The summed E-state index contributed by atoms with van der Waals surface area (Å²) in [5.41, 5.74) is 2.37. The van der Waals surface area contributed by atoms with Crippen LogP contribution >= 0.6 is 11.3 Å². The molecule has 7 nitrogen and oxygen atoms in total. The maximum absolute atomic E-state index is 12.7. The zero-order valence-corrected chi connectivity index (χ0v) is 16.8. The fourth-order valence-corrected chi connectivity index (χ4v) is 4.01. The van der Waals surface area contributed by atoms with E-state index in [1.807, 2.05) is 47.8 Å². The number of aromatic nitrogens is 2. The van der Waals surface area contributed by atoms with Crippen molar-refractivity contribution in [2.45, 2.75) is 6.54 Å². The number of carbonyl (C=O) groups excluding carboxylic acids is 2. The molecule has 150 valence electrons. The van der Waals surface area contributed by atoms with E-state index in [9.17, 15) is 9.59 Å². The highest BCUT2D eigenvalue weighted by Crippen LogP contribution is 2.23. The molecule has 0 saturated carbocycles. The van der Waals surface area contributed by atoms with Crippen molar-refractivity contribution in [3.8, 4) is 10.6 Å². The van der Waals surface area contributed by atoms with Crippen LogP contribution in [0.1, 0.15) is 16.1 Å². The number of nitrogens with one attached hydrogen (secondary N) is 2. The van der Waals surface area contributed by atoms with E-state index < -0.39 is 0 Å². The van der Waals surface area contributed by atoms with Gasteiger partial charge in [0.15, 0.2) is 5.69 Å². The number of aromatic amines is 1. The van der Waals surface area contributed by atoms with Gasteiger partial charge < -0.3 is 10.2 Å². The molecule has 1 aromatic carbocycles. The van der Waals surface area contributed by atoms with Gasteiger partial charge in [-0.25, -0.2) is 0 Å². The van der Waals surface area contributed by atoms with Gasteiger partial charge in [0.05, 0.1) is 17.1 Å². The highest BCUT2D eigenvalue weighted by molar-refractivity contribution is 7.13. The number of rotatable bonds is 6. The summed E-state index contributed by atoms with van der Waals surface area (Å²) in [6.07, 6.45) is 0. The normalized spacial score (nSPS) is 14.7. The fourth-order valence-electron chi connectivity index (χ4n) is 3.32. The number of hydrogen-bond donors (Lipinski definition) is 2. The van der Waals surface area contributed by atoms with Crippen molar-refractivity contribution in [1.82, 2.24) is 25.3 Å². The maximum atomic E-state index is 12.7. The summed E-state index contributed by atoms with van der Waals surface area (Å²) in [6, 6.07) is 15.6. The Bertz CT molecular complexity index is 947. The number of thiophene rings is 1. The topological polar surface area (TPSA) is 81.3 Å². The maximum Gasteiger partial charge on any atom is 0.274 e. The Morgan fingerprint density at radius 2 is 1.86 bits per heavy atom. The molecular weight excluding hydrogens is 386 g/mol. The Morgan fingerprint density at radius 1 is 1.07 bits per heavy atom. The number of hydrogen-bond acceptors (Lipinski definition) is 5. The number of benzene rings is 1. The highest BCUT2D eigenvalue weighted by atomic mass is 32.1. The Kier molecular flexibility index (Phi) is 6.02. The predicted octanol–water partition coefficient (Wildman–Crippen LogP) is 2.21. The molecule has 2 amide bonds. The van der Waals surface area contributed by atoms with Gasteiger partial charge >= 0.3 is 0 Å². The van der Waals surface area contributed by atoms with Gasteiger partial charge in [-0.3, -0.25) is 19.6 Å². The van der Waals surface area contributed by atoms with E-state index in [4.69, 9.17) is 0 Å². The largest absolute Gasteiger partial charge is 0.351 e. The van der Waals surface area contributed by atoms with Crippen molar-refractivity contribution >= 4 is 23.2 Å². The minimum absolute atomic E-state index is 0.00141. The van der Waals surface area contributed by atoms with Crippen LogP contribution in [0.4, 0.5) is 0 Å². The molecule has 2 aromatic heterocycles. The number of nitrogens with zero attached hydrogens (tertiary/aromatic N) is 3. The van der Waals surface area contributed by atoms with Gasteiger partial charge in [-0.2, -0.15) is 5.10 Å². The average molecular weight is 410 g/mol. The summed E-state index contributed by atoms with van der Waals surface area (Å²) in [5.74, 6) is -0.0706. The second kappa shape index (κ2) is 9.02. The molecule has 2 N–H and O–H groups in total. The minimum Gasteiger partial charge on any atom is -0.351 e. The van der Waals surface area contributed by atoms with Crippen molar-refractivity contribution in [2.24, 2.45) is 0 Å². The van der Waals surface area contributed by atoms with Crippen LogP contribution in [0, 0.1) is 0 Å². The molecule has 3 heterocycles. The molecule has 29 heavy (non-hydrogen) atoms. The third-order valence-corrected chi connectivity index (χ3v) is 5.85. The first-order valence-electron chi connectivity index (χ1n) is 9.60. The lowest BCUT2D eigenvalue weighted by Crippen LogP contribution is -2.51. The van der Waals surface area contributed by atoms with Crippen molar-refractivity contribution < 1.29 is 9.59 Å². The Hall–Kier alpha value is -2.97. The van der Waals surface area contributed by atoms with Crippen LogP contribution in [0.2, 0.25) is 0 Å². The van der Waals surface area contributed by atoms with Gasteiger partial charge in [0.1, 0.15) is 0 Å². The van der Waals surface area contributed by atoms with Crippen LogP contribution in [0.3, 0.4) is 0 Å². The van der Waals surface area contributed by atoms with Crippen LogP contribution in [-0.2, 0) is 11.3 Å². The summed E-state index contributed by atoms with van der Waals surface area (Å²) in [5, 5.41) is 12.1. The lowest BCUT2D eigenvalue weighted by Gasteiger charge is -2.33. The average Bonchev–Trinajstić information content (AvgIpc) is 3.45. The van der Waals surface area contributed by atoms with Crippen molar-refractivity contribution in [2.75, 3.05) is 32.7 Å². The lowest BCUT2D eigenvalue weighted by atomic mass is 10.2. The van der Waals surface area contributed by atoms with Crippen molar-refractivity contribution in [1.29, 1.82) is 0 Å². The van der Waals surface area contributed by atoms with E-state index in [1.165, 1.54) is 0 Å². The van der Waals surface area contributed by atoms with Gasteiger partial charge in [0.25, 0.3) is 5.91 Å². The standard InChI is InChI=1S/C21H23N5O2S/c27-20(22-14-16-5-2-1-3-6-16)15-25-8-10-26(11-9-25)21(28)18-13-17(23-24-18)19-7-4-12-29-19/h1-7,12-13H,8-11,14-15H2,(H,22,27)(H,23,24). The zero-order valence-electron chi connectivity index (χ0n) is 16.0. The van der Waals surface area contributed by atoms with Crippen LogP contribution in [0.25, 0.3) is 10.6 Å². The summed E-state index contributed by atoms with van der Waals surface area (Å²) >= 11 is 1.60. The predicted molar refractivity (Wildman–Crippen MR) is 113 cm³/mol. The number of H-pyrrole nitrogens is 1. The van der Waals surface area contributed by atoms with E-state index in [-0.39, 0.29) is 11.8 Å². The van der Waals surface area contributed by atoms with Gasteiger partial charge in [0.2, 0.25) is 5.91 Å². The molecular formula is C21H23N5O2S. The molecule has 3 aromatic rings. The van der Waals surface area contributed by atoms with Crippen molar-refractivity contribution in [3.63, 3.8) is 0 Å². The SMILES string of the molecule is O=C(CN1CCN(C(=O)c2cc(-c3cccs3)[nH]n2)CC1)NCc1ccccc1. The molecule has 1 aliphatic rings. The van der Waals surface area contributed by atoms with Crippen LogP contribution in [0.5, 0.6) is 0 Å². The molecule has 0 bridgehead atoms. The van der Waals surface area contributed by atoms with E-state index >= 15 is 0 Å². The summed E-state index contributed by atoms with van der Waals surface area (Å²) in [7, 11) is 0. The van der Waals surface area contributed by atoms with Crippen LogP contribution in [0.15, 0.2) is 53.9 Å². The molecule has 1 fully saturated rings. The van der Waals surface area contributed by atoms with Gasteiger partial charge in [-0.05, 0) is 23.1 Å². The minimum atomic E-state index is -0.0720. The molecule has 0 atom stereocenters. The van der Waals surface area contributed by atoms with Crippen LogP contribution in [-0.4, -0.2) is 64.5 Å². The third kappa shape index (κ3) is 4.90. The molecule has 0 unspecified atom stereocenters. The van der Waals surface area contributed by atoms with E-state index in [1.54, 1.807) is 22.3 Å². The molecule has 4 rings (SSSR count). The van der Waals surface area contributed by atoms with Crippen LogP contribution < -0.4 is 5.32 Å². The summed E-state index contributed by atoms with van der Waals surface area (Å²) in [4.78, 5) is 29.8. The number of carbonyl (C=O) groups is 2. The Labute approximate surface area is 173 Å². The first kappa shape index (κ1) is 19.4. The van der Waals surface area contributed by atoms with E-state index in [0.29, 0.717) is 45.0 Å². The smallest absolute Gasteiger partial charge is 0.274 e. The van der Waals surface area contributed by atoms with Gasteiger partial charge in [0, 0.05) is 32.7 Å². The lowest BCUT2D eigenvalue weighted by molar-refractivity contribution is -0.122. The quantitative estimate of drug-likeness (QED) is 0.654. The van der Waals surface area contributed by atoms with E-state index in [0.717, 1.165) is 16.1 Å². The summed E-state index contributed by atoms with van der Waals surface area (Å²) in [6.45, 7) is 3.40. The summed E-state index contributed by atoms with van der Waals surface area (Å²) < 4.78 is 0. The fraction of sp³-hybridized carbons (Fsp3) is 0.286. The van der Waals surface area contributed by atoms with Gasteiger partial charge in [-0.1, -0.05) is 36.4 Å². The number of amides is 2. The third-order valence-electron chi connectivity index (χ3n) is 4.94. The van der Waals surface area contributed by atoms with Crippen molar-refractivity contribution in [3.05, 3.63) is 65.2 Å². The van der Waals surface area contributed by atoms with Gasteiger partial charge in [-0.15, -0.1) is 11.3 Å². The van der Waals surface area contributed by atoms with E-state index in [2.05, 4.69) is 20.4 Å². The first-order chi connectivity index (χ1) is 14.2. The molecule has 0 aliphatic carbocycles. The second-order valence-electron chi connectivity index (χ2n) is 6.97. The Morgan fingerprint density at radius 3 is 2.59 bits per heavy atom. The highest BCUT2D eigenvalue weighted by Gasteiger charge is 2.25. The monoisotopic (exact) mass is 409 g/mol. The number of piperazine rings is 1.